The SMILES string of the molecule is CC(=O)Cc1ccc(NC2CCCC2)cc1. The molecule has 0 saturated heterocycles. The predicted octanol–water partition coefficient (Wildman–Crippen LogP) is 3.17. The smallest absolute Gasteiger partial charge is 0.134 e. The number of ketones is 1. The lowest BCUT2D eigenvalue weighted by molar-refractivity contribution is -0.116. The van der Waals surface area contributed by atoms with Crippen LogP contribution in [0.5, 0.6) is 0 Å². The Kier molecular flexibility index (Phi) is 3.60. The monoisotopic (exact) mass is 217 g/mol. The van der Waals surface area contributed by atoms with Crippen LogP contribution in [0, 0.1) is 0 Å². The molecular weight excluding hydrogens is 198 g/mol. The zero-order valence-electron chi connectivity index (χ0n) is 9.83. The van der Waals surface area contributed by atoms with Crippen molar-refractivity contribution in [2.45, 2.75) is 45.1 Å². The summed E-state index contributed by atoms with van der Waals surface area (Å²) in [4.78, 5) is 11.0. The van der Waals surface area contributed by atoms with Gasteiger partial charge < -0.3 is 5.32 Å². The van der Waals surface area contributed by atoms with Crippen LogP contribution in [0.15, 0.2) is 24.3 Å². The Hall–Kier alpha value is -1.31. The van der Waals surface area contributed by atoms with Crippen molar-refractivity contribution in [3.05, 3.63) is 29.8 Å². The first-order chi connectivity index (χ1) is 7.74. The van der Waals surface area contributed by atoms with Crippen LogP contribution in [-0.4, -0.2) is 11.8 Å². The third-order valence-electron chi connectivity index (χ3n) is 3.13. The highest BCUT2D eigenvalue weighted by atomic mass is 16.1. The summed E-state index contributed by atoms with van der Waals surface area (Å²) in [5.74, 6) is 0.219. The van der Waals surface area contributed by atoms with Crippen molar-refractivity contribution in [2.75, 3.05) is 5.32 Å². The van der Waals surface area contributed by atoms with Crippen molar-refractivity contribution in [1.29, 1.82) is 0 Å². The van der Waals surface area contributed by atoms with Gasteiger partial charge in [0.2, 0.25) is 0 Å². The van der Waals surface area contributed by atoms with Crippen LogP contribution in [0.1, 0.15) is 38.2 Å². The minimum absolute atomic E-state index is 0.219. The van der Waals surface area contributed by atoms with Gasteiger partial charge in [0, 0.05) is 18.2 Å². The third-order valence-corrected chi connectivity index (χ3v) is 3.13. The van der Waals surface area contributed by atoms with Crippen LogP contribution in [-0.2, 0) is 11.2 Å². The maximum absolute atomic E-state index is 11.0. The van der Waals surface area contributed by atoms with Crippen LogP contribution in [0.3, 0.4) is 0 Å². The number of anilines is 1. The normalized spacial score (nSPS) is 16.3. The van der Waals surface area contributed by atoms with Gasteiger partial charge >= 0.3 is 0 Å². The molecule has 0 spiro atoms. The van der Waals surface area contributed by atoms with Crippen LogP contribution in [0.25, 0.3) is 0 Å². The van der Waals surface area contributed by atoms with E-state index in [-0.39, 0.29) is 5.78 Å². The summed E-state index contributed by atoms with van der Waals surface area (Å²) in [5.41, 5.74) is 2.28. The summed E-state index contributed by atoms with van der Waals surface area (Å²) in [6.07, 6.45) is 5.81. The van der Waals surface area contributed by atoms with Crippen LogP contribution in [0.4, 0.5) is 5.69 Å². The van der Waals surface area contributed by atoms with Crippen LogP contribution in [0.2, 0.25) is 0 Å². The Morgan fingerprint density at radius 3 is 2.44 bits per heavy atom. The van der Waals surface area contributed by atoms with E-state index in [4.69, 9.17) is 0 Å². The first-order valence-electron chi connectivity index (χ1n) is 6.09. The minimum Gasteiger partial charge on any atom is -0.382 e. The lowest BCUT2D eigenvalue weighted by atomic mass is 10.1. The van der Waals surface area contributed by atoms with Gasteiger partial charge in [-0.3, -0.25) is 4.79 Å². The molecule has 1 aromatic carbocycles. The quantitative estimate of drug-likeness (QED) is 0.839. The van der Waals surface area contributed by atoms with Gasteiger partial charge in [-0.15, -0.1) is 0 Å². The molecule has 1 aromatic rings. The molecule has 0 amide bonds. The van der Waals surface area contributed by atoms with Gasteiger partial charge in [-0.05, 0) is 37.5 Å². The second-order valence-corrected chi connectivity index (χ2v) is 4.70. The number of carbonyl (C=O) groups excluding carboxylic acids is 1. The molecule has 1 aliphatic rings. The van der Waals surface area contributed by atoms with Crippen molar-refractivity contribution in [3.63, 3.8) is 0 Å². The molecule has 1 aliphatic carbocycles. The lowest BCUT2D eigenvalue weighted by Crippen LogP contribution is -2.14. The number of hydrogen-bond donors (Lipinski definition) is 1. The average molecular weight is 217 g/mol. The molecule has 0 aromatic heterocycles. The molecule has 1 fully saturated rings. The van der Waals surface area contributed by atoms with E-state index in [1.807, 2.05) is 12.1 Å². The Morgan fingerprint density at radius 1 is 1.25 bits per heavy atom. The van der Waals surface area contributed by atoms with E-state index in [1.165, 1.54) is 31.4 Å². The topological polar surface area (TPSA) is 29.1 Å². The zero-order valence-corrected chi connectivity index (χ0v) is 9.83. The van der Waals surface area contributed by atoms with Gasteiger partial charge in [0.15, 0.2) is 0 Å². The molecule has 0 bridgehead atoms. The number of carbonyl (C=O) groups is 1. The molecule has 0 atom stereocenters. The van der Waals surface area contributed by atoms with Gasteiger partial charge in [-0.25, -0.2) is 0 Å². The van der Waals surface area contributed by atoms with Gasteiger partial charge in [0.05, 0.1) is 0 Å². The van der Waals surface area contributed by atoms with Crippen molar-refractivity contribution >= 4 is 11.5 Å². The van der Waals surface area contributed by atoms with E-state index in [2.05, 4.69) is 17.4 Å². The summed E-state index contributed by atoms with van der Waals surface area (Å²) >= 11 is 0. The molecule has 0 aliphatic heterocycles. The van der Waals surface area contributed by atoms with Crippen LogP contribution < -0.4 is 5.32 Å². The second kappa shape index (κ2) is 5.15. The highest BCUT2D eigenvalue weighted by molar-refractivity contribution is 5.78. The molecular formula is C14H19NO. The Balaban J connectivity index is 1.93. The van der Waals surface area contributed by atoms with Gasteiger partial charge in [-0.1, -0.05) is 25.0 Å². The summed E-state index contributed by atoms with van der Waals surface area (Å²) in [6, 6.07) is 8.89. The number of Topliss-reactive ketones (excluding diaryl/α,β-unsaturated/α-hetero) is 1. The van der Waals surface area contributed by atoms with E-state index in [0.29, 0.717) is 12.5 Å². The first-order valence-corrected chi connectivity index (χ1v) is 6.09. The predicted molar refractivity (Wildman–Crippen MR) is 66.7 cm³/mol. The zero-order chi connectivity index (χ0) is 11.4. The minimum atomic E-state index is 0.219. The van der Waals surface area contributed by atoms with E-state index in [9.17, 15) is 4.79 Å². The van der Waals surface area contributed by atoms with E-state index in [1.54, 1.807) is 6.92 Å². The number of nitrogens with one attached hydrogen (secondary N) is 1. The summed E-state index contributed by atoms with van der Waals surface area (Å²) < 4.78 is 0. The van der Waals surface area contributed by atoms with Gasteiger partial charge in [0.1, 0.15) is 5.78 Å². The fraction of sp³-hybridized carbons (Fsp3) is 0.500. The molecule has 86 valence electrons. The van der Waals surface area contributed by atoms with Gasteiger partial charge in [-0.2, -0.15) is 0 Å². The lowest BCUT2D eigenvalue weighted by Gasteiger charge is -2.13. The molecule has 0 radical (unpaired) electrons. The maximum atomic E-state index is 11.0. The standard InChI is InChI=1S/C14H19NO/c1-11(16)10-12-6-8-14(9-7-12)15-13-4-2-3-5-13/h6-9,13,15H,2-5,10H2,1H3. The molecule has 2 nitrogen and oxygen atoms in total. The Morgan fingerprint density at radius 2 is 1.88 bits per heavy atom. The second-order valence-electron chi connectivity index (χ2n) is 4.70. The molecule has 16 heavy (non-hydrogen) atoms. The highest BCUT2D eigenvalue weighted by Gasteiger charge is 2.13. The molecule has 0 unspecified atom stereocenters. The molecule has 1 N–H and O–H groups in total. The highest BCUT2D eigenvalue weighted by Crippen LogP contribution is 2.22. The summed E-state index contributed by atoms with van der Waals surface area (Å²) in [7, 11) is 0. The van der Waals surface area contributed by atoms with Crippen molar-refractivity contribution < 1.29 is 4.79 Å². The van der Waals surface area contributed by atoms with E-state index in [0.717, 1.165) is 5.56 Å². The average Bonchev–Trinajstić information content (AvgIpc) is 2.73. The van der Waals surface area contributed by atoms with E-state index >= 15 is 0 Å². The van der Waals surface area contributed by atoms with Gasteiger partial charge in [0.25, 0.3) is 0 Å². The largest absolute Gasteiger partial charge is 0.382 e. The Bertz CT molecular complexity index is 350. The Labute approximate surface area is 97.1 Å². The molecule has 0 heterocycles. The fourth-order valence-electron chi connectivity index (χ4n) is 2.31. The van der Waals surface area contributed by atoms with Crippen LogP contribution >= 0.6 is 0 Å². The summed E-state index contributed by atoms with van der Waals surface area (Å²) in [5, 5.41) is 3.54. The molecule has 2 rings (SSSR count). The number of benzene rings is 1. The number of hydrogen-bond acceptors (Lipinski definition) is 2. The van der Waals surface area contributed by atoms with E-state index < -0.39 is 0 Å². The van der Waals surface area contributed by atoms with Crippen molar-refractivity contribution in [3.8, 4) is 0 Å². The molecule has 1 saturated carbocycles. The number of rotatable bonds is 4. The maximum Gasteiger partial charge on any atom is 0.134 e. The summed E-state index contributed by atoms with van der Waals surface area (Å²) in [6.45, 7) is 1.63. The third kappa shape index (κ3) is 3.09. The van der Waals surface area contributed by atoms with Crippen molar-refractivity contribution in [1.82, 2.24) is 0 Å². The van der Waals surface area contributed by atoms with Crippen molar-refractivity contribution in [2.24, 2.45) is 0 Å². The first kappa shape index (κ1) is 11.2. The molecule has 2 heteroatoms. The fourth-order valence-corrected chi connectivity index (χ4v) is 2.31.